The van der Waals surface area contributed by atoms with Crippen LogP contribution >= 0.6 is 11.3 Å². The number of rotatable bonds is 4. The summed E-state index contributed by atoms with van der Waals surface area (Å²) in [4.78, 5) is 2.53. The molecule has 11 rings (SSSR count). The fraction of sp³-hybridized carbons (Fsp3) is 0. The number of hydrogen-bond donors (Lipinski definition) is 0. The minimum Gasteiger partial charge on any atom is -0.309 e. The summed E-state index contributed by atoms with van der Waals surface area (Å²) in [5, 5.41) is 15.1. The molecule has 0 N–H and O–H groups in total. The average molecular weight is 678 g/mol. The molecule has 0 aliphatic heterocycles. The van der Waals surface area contributed by atoms with Gasteiger partial charge in [0, 0.05) is 36.8 Å². The molecule has 1 aromatic heterocycles. The molecule has 0 bridgehead atoms. The third-order valence-electron chi connectivity index (χ3n) is 10.8. The quantitative estimate of drug-likeness (QED) is 0.168. The van der Waals surface area contributed by atoms with Crippen molar-refractivity contribution in [2.24, 2.45) is 0 Å². The Kier molecular flexibility index (Phi) is 6.49. The van der Waals surface area contributed by atoms with Gasteiger partial charge in [-0.2, -0.15) is 0 Å². The van der Waals surface area contributed by atoms with Gasteiger partial charge in [0.05, 0.1) is 11.4 Å². The van der Waals surface area contributed by atoms with Gasteiger partial charge in [-0.1, -0.05) is 158 Å². The Morgan fingerprint density at radius 2 is 0.904 bits per heavy atom. The van der Waals surface area contributed by atoms with Crippen LogP contribution in [0.3, 0.4) is 0 Å². The lowest BCUT2D eigenvalue weighted by molar-refractivity contribution is 1.33. The normalized spacial score (nSPS) is 11.8. The van der Waals surface area contributed by atoms with E-state index in [1.165, 1.54) is 96.5 Å². The molecule has 0 fully saturated rings. The molecule has 0 atom stereocenters. The molecule has 1 heterocycles. The second-order valence-corrected chi connectivity index (χ2v) is 14.7. The van der Waals surface area contributed by atoms with Gasteiger partial charge < -0.3 is 4.90 Å². The molecule has 0 saturated heterocycles. The molecular weight excluding hydrogens is 647 g/mol. The van der Waals surface area contributed by atoms with Crippen molar-refractivity contribution in [1.29, 1.82) is 0 Å². The summed E-state index contributed by atoms with van der Waals surface area (Å²) < 4.78 is 2.59. The first kappa shape index (κ1) is 29.3. The second kappa shape index (κ2) is 11.5. The Hall–Kier alpha value is -6.48. The number of hydrogen-bond acceptors (Lipinski definition) is 2. The first-order valence-corrected chi connectivity index (χ1v) is 18.7. The summed E-state index contributed by atoms with van der Waals surface area (Å²) >= 11 is 1.90. The minimum absolute atomic E-state index is 1.14. The van der Waals surface area contributed by atoms with Crippen LogP contribution in [0.5, 0.6) is 0 Å². The van der Waals surface area contributed by atoms with Crippen LogP contribution in [0.1, 0.15) is 0 Å². The van der Waals surface area contributed by atoms with E-state index in [-0.39, 0.29) is 0 Å². The molecule has 0 aliphatic carbocycles. The van der Waals surface area contributed by atoms with Crippen molar-refractivity contribution in [2.75, 3.05) is 4.90 Å². The molecule has 52 heavy (non-hydrogen) atoms. The molecule has 2 heteroatoms. The van der Waals surface area contributed by atoms with E-state index in [1.807, 2.05) is 11.3 Å². The highest BCUT2D eigenvalue weighted by Gasteiger charge is 2.24. The zero-order valence-corrected chi connectivity index (χ0v) is 29.1. The molecule has 0 radical (unpaired) electrons. The monoisotopic (exact) mass is 677 g/mol. The van der Waals surface area contributed by atoms with Crippen LogP contribution in [-0.2, 0) is 0 Å². The van der Waals surface area contributed by atoms with Crippen molar-refractivity contribution >= 4 is 102 Å². The zero-order valence-electron chi connectivity index (χ0n) is 28.3. The maximum absolute atomic E-state index is 2.53. The van der Waals surface area contributed by atoms with Crippen molar-refractivity contribution in [3.8, 4) is 11.1 Å². The van der Waals surface area contributed by atoms with Gasteiger partial charge in [-0.3, -0.25) is 0 Å². The van der Waals surface area contributed by atoms with E-state index in [2.05, 4.69) is 193 Å². The van der Waals surface area contributed by atoms with E-state index in [9.17, 15) is 0 Å². The third-order valence-corrected chi connectivity index (χ3v) is 12.0. The van der Waals surface area contributed by atoms with E-state index >= 15 is 0 Å². The molecule has 10 aromatic carbocycles. The summed E-state index contributed by atoms with van der Waals surface area (Å²) in [7, 11) is 0. The van der Waals surface area contributed by atoms with E-state index in [0.29, 0.717) is 0 Å². The van der Waals surface area contributed by atoms with E-state index < -0.39 is 0 Å². The molecule has 242 valence electrons. The number of nitrogens with zero attached hydrogens (tertiary/aromatic N) is 1. The topological polar surface area (TPSA) is 3.24 Å². The van der Waals surface area contributed by atoms with Gasteiger partial charge in [0.15, 0.2) is 0 Å². The molecule has 0 unspecified atom stereocenters. The van der Waals surface area contributed by atoms with Gasteiger partial charge in [-0.25, -0.2) is 0 Å². The second-order valence-electron chi connectivity index (χ2n) is 13.7. The zero-order chi connectivity index (χ0) is 34.2. The molecular formula is C50H31NS. The molecule has 11 aromatic rings. The van der Waals surface area contributed by atoms with E-state index in [1.54, 1.807) is 0 Å². The van der Waals surface area contributed by atoms with Gasteiger partial charge >= 0.3 is 0 Å². The smallest absolute Gasteiger partial charge is 0.0555 e. The number of thiophene rings is 1. The largest absolute Gasteiger partial charge is 0.309 e. The Labute approximate surface area is 305 Å². The highest BCUT2D eigenvalue weighted by molar-refractivity contribution is 7.26. The van der Waals surface area contributed by atoms with Crippen molar-refractivity contribution < 1.29 is 0 Å². The lowest BCUT2D eigenvalue weighted by atomic mass is 9.95. The van der Waals surface area contributed by atoms with Crippen LogP contribution in [0.2, 0.25) is 0 Å². The van der Waals surface area contributed by atoms with E-state index in [0.717, 1.165) is 5.69 Å². The number of benzene rings is 10. The summed E-state index contributed by atoms with van der Waals surface area (Å²) in [6.45, 7) is 0. The molecule has 0 aliphatic rings. The minimum atomic E-state index is 1.14. The molecule has 0 saturated carbocycles. The maximum atomic E-state index is 2.53. The van der Waals surface area contributed by atoms with Crippen LogP contribution in [0.15, 0.2) is 188 Å². The molecule has 1 nitrogen and oxygen atoms in total. The summed E-state index contributed by atoms with van der Waals surface area (Å²) in [5.74, 6) is 0. The highest BCUT2D eigenvalue weighted by atomic mass is 32.1. The fourth-order valence-corrected chi connectivity index (χ4v) is 9.68. The van der Waals surface area contributed by atoms with Gasteiger partial charge in [0.25, 0.3) is 0 Å². The number of fused-ring (bicyclic) bond motifs is 10. The Balaban J connectivity index is 1.28. The van der Waals surface area contributed by atoms with E-state index in [4.69, 9.17) is 0 Å². The van der Waals surface area contributed by atoms with Crippen molar-refractivity contribution in [2.45, 2.75) is 0 Å². The van der Waals surface area contributed by atoms with Crippen LogP contribution in [0, 0.1) is 0 Å². The Morgan fingerprint density at radius 1 is 0.327 bits per heavy atom. The van der Waals surface area contributed by atoms with Gasteiger partial charge in [-0.05, 0) is 84.4 Å². The van der Waals surface area contributed by atoms with Gasteiger partial charge in [-0.15, -0.1) is 11.3 Å². The van der Waals surface area contributed by atoms with Crippen LogP contribution in [0.4, 0.5) is 17.1 Å². The van der Waals surface area contributed by atoms with Gasteiger partial charge in [0.2, 0.25) is 0 Å². The predicted octanol–water partition coefficient (Wildman–Crippen LogP) is 15.0. The molecule has 0 spiro atoms. The highest BCUT2D eigenvalue weighted by Crippen LogP contribution is 2.51. The maximum Gasteiger partial charge on any atom is 0.0555 e. The number of anilines is 3. The standard InChI is InChI=1S/C50H31NS/c1-4-16-37-32(12-1)15-11-22-41(37)43-28-29-46(49-44-21-9-10-23-48(44)52-50(43)49)51(36-27-26-34-25-24-33-13-2-5-17-38(33)45(34)31-36)47-30-35-14-3-6-18-39(35)40-19-7-8-20-42(40)47/h1-31H. The SMILES string of the molecule is c1ccc2c(-c3ccc(N(c4ccc5ccc6ccccc6c5c4)c4cc5ccccc5c5ccccc45)c4c3sc3ccccc34)cccc2c1. The first-order valence-electron chi connectivity index (χ1n) is 17.8. The van der Waals surface area contributed by atoms with Gasteiger partial charge in [0.1, 0.15) is 0 Å². The Bertz CT molecular complexity index is 3200. The third kappa shape index (κ3) is 4.41. The fourth-order valence-electron chi connectivity index (χ4n) is 8.43. The lowest BCUT2D eigenvalue weighted by Gasteiger charge is -2.29. The lowest BCUT2D eigenvalue weighted by Crippen LogP contribution is -2.11. The molecule has 0 amide bonds. The average Bonchev–Trinajstić information content (AvgIpc) is 3.61. The summed E-state index contributed by atoms with van der Waals surface area (Å²) in [5.41, 5.74) is 6.02. The van der Waals surface area contributed by atoms with Crippen LogP contribution in [0.25, 0.3) is 85.2 Å². The van der Waals surface area contributed by atoms with Crippen LogP contribution < -0.4 is 4.90 Å². The van der Waals surface area contributed by atoms with Crippen LogP contribution in [-0.4, -0.2) is 0 Å². The van der Waals surface area contributed by atoms with Crippen molar-refractivity contribution in [1.82, 2.24) is 0 Å². The van der Waals surface area contributed by atoms with Crippen molar-refractivity contribution in [3.05, 3.63) is 188 Å². The Morgan fingerprint density at radius 3 is 1.71 bits per heavy atom. The van der Waals surface area contributed by atoms with Crippen molar-refractivity contribution in [3.63, 3.8) is 0 Å². The summed E-state index contributed by atoms with van der Waals surface area (Å²) in [6.07, 6.45) is 0. The summed E-state index contributed by atoms with van der Waals surface area (Å²) in [6, 6.07) is 69.4. The first-order chi connectivity index (χ1) is 25.8. The predicted molar refractivity (Wildman–Crippen MR) is 227 cm³/mol.